The lowest BCUT2D eigenvalue weighted by atomic mass is 10.0. The van der Waals surface area contributed by atoms with Crippen LogP contribution in [-0.4, -0.2) is 70.0 Å². The number of carbonyl (C=O) groups is 1. The summed E-state index contributed by atoms with van der Waals surface area (Å²) in [6, 6.07) is 17.8. The summed E-state index contributed by atoms with van der Waals surface area (Å²) >= 11 is 0. The smallest absolute Gasteiger partial charge is 0.219 e. The molecule has 5 rings (SSSR count). The summed E-state index contributed by atoms with van der Waals surface area (Å²) in [4.78, 5) is 30.0. The first-order chi connectivity index (χ1) is 19.5. The molecule has 2 aromatic carbocycles. The summed E-state index contributed by atoms with van der Waals surface area (Å²) in [6.45, 7) is 6.99. The van der Waals surface area contributed by atoms with Gasteiger partial charge in [-0.2, -0.15) is 0 Å². The molecule has 0 spiro atoms. The van der Waals surface area contributed by atoms with Gasteiger partial charge in [0.1, 0.15) is 36.9 Å². The molecule has 0 unspecified atom stereocenters. The second-order valence-electron chi connectivity index (χ2n) is 10.2. The summed E-state index contributed by atoms with van der Waals surface area (Å²) < 4.78 is 12.2. The molecule has 1 fully saturated rings. The number of nitrogens with one attached hydrogen (secondary N) is 1. The number of aryl methyl sites for hydroxylation is 1. The zero-order valence-electron chi connectivity index (χ0n) is 23.3. The zero-order chi connectivity index (χ0) is 27.9. The lowest BCUT2D eigenvalue weighted by Gasteiger charge is -2.36. The number of aromatic nitrogens is 3. The van der Waals surface area contributed by atoms with Gasteiger partial charge in [-0.05, 0) is 87.9 Å². The fourth-order valence-electron chi connectivity index (χ4n) is 5.11. The van der Waals surface area contributed by atoms with Gasteiger partial charge >= 0.3 is 0 Å². The minimum Gasteiger partial charge on any atom is -0.491 e. The van der Waals surface area contributed by atoms with Crippen LogP contribution in [0.2, 0.25) is 0 Å². The van der Waals surface area contributed by atoms with Crippen LogP contribution in [0.25, 0.3) is 10.9 Å². The van der Waals surface area contributed by atoms with Crippen molar-refractivity contribution in [1.29, 1.82) is 0 Å². The van der Waals surface area contributed by atoms with Gasteiger partial charge in [-0.1, -0.05) is 12.1 Å². The number of pyridine rings is 1. The monoisotopic (exact) mass is 540 g/mol. The summed E-state index contributed by atoms with van der Waals surface area (Å²) in [7, 11) is 2.12. The Morgan fingerprint density at radius 1 is 1.02 bits per heavy atom. The third kappa shape index (κ3) is 6.66. The second-order valence-corrected chi connectivity index (χ2v) is 10.2. The van der Waals surface area contributed by atoms with Crippen molar-refractivity contribution in [3.8, 4) is 11.5 Å². The Hall–Kier alpha value is -4.24. The molecule has 1 aliphatic rings. The van der Waals surface area contributed by atoms with E-state index >= 15 is 0 Å². The van der Waals surface area contributed by atoms with E-state index in [-0.39, 0.29) is 11.9 Å². The van der Waals surface area contributed by atoms with E-state index in [1.54, 1.807) is 19.4 Å². The van der Waals surface area contributed by atoms with Gasteiger partial charge in [0, 0.05) is 24.8 Å². The molecule has 0 atom stereocenters. The quantitative estimate of drug-likeness (QED) is 0.301. The maximum absolute atomic E-state index is 12.4. The summed E-state index contributed by atoms with van der Waals surface area (Å²) in [5.74, 6) is 2.22. The Bertz CT molecular complexity index is 1430. The third-order valence-corrected chi connectivity index (χ3v) is 7.29. The van der Waals surface area contributed by atoms with Crippen molar-refractivity contribution in [3.05, 3.63) is 78.4 Å². The van der Waals surface area contributed by atoms with E-state index in [9.17, 15) is 4.79 Å². The predicted molar refractivity (Wildman–Crippen MR) is 156 cm³/mol. The van der Waals surface area contributed by atoms with Gasteiger partial charge in [0.2, 0.25) is 5.91 Å². The van der Waals surface area contributed by atoms with Crippen molar-refractivity contribution < 1.29 is 14.3 Å². The average Bonchev–Trinajstić information content (AvgIpc) is 2.96. The SMILES string of the molecule is CC(=O)N(CCOc1cccc2ncnc(Nc3ccc(OCc4ccccn4)c(C)c3)c12)C1CCN(C)CC1. The van der Waals surface area contributed by atoms with Crippen LogP contribution in [0, 0.1) is 6.92 Å². The third-order valence-electron chi connectivity index (χ3n) is 7.29. The molecule has 9 nitrogen and oxygen atoms in total. The van der Waals surface area contributed by atoms with Crippen LogP contribution in [-0.2, 0) is 11.4 Å². The molecule has 1 N–H and O–H groups in total. The first-order valence-corrected chi connectivity index (χ1v) is 13.7. The number of hydrogen-bond acceptors (Lipinski definition) is 8. The lowest BCUT2D eigenvalue weighted by molar-refractivity contribution is -0.132. The van der Waals surface area contributed by atoms with Gasteiger partial charge in [-0.15, -0.1) is 0 Å². The number of rotatable bonds is 10. The largest absolute Gasteiger partial charge is 0.491 e. The number of amides is 1. The summed E-state index contributed by atoms with van der Waals surface area (Å²) in [5, 5.41) is 4.23. The molecule has 1 amide bonds. The molecule has 0 saturated carbocycles. The van der Waals surface area contributed by atoms with Crippen LogP contribution in [0.1, 0.15) is 31.0 Å². The van der Waals surface area contributed by atoms with Crippen LogP contribution in [0.15, 0.2) is 67.1 Å². The van der Waals surface area contributed by atoms with Crippen LogP contribution in [0.5, 0.6) is 11.5 Å². The van der Waals surface area contributed by atoms with Crippen molar-refractivity contribution in [2.45, 2.75) is 39.3 Å². The van der Waals surface area contributed by atoms with E-state index in [2.05, 4.69) is 32.2 Å². The number of hydrogen-bond donors (Lipinski definition) is 1. The van der Waals surface area contributed by atoms with Crippen LogP contribution in [0.4, 0.5) is 11.5 Å². The second kappa shape index (κ2) is 12.7. The number of anilines is 2. The highest BCUT2D eigenvalue weighted by Gasteiger charge is 2.25. The Morgan fingerprint density at radius 2 is 1.88 bits per heavy atom. The molecule has 3 heterocycles. The van der Waals surface area contributed by atoms with Gasteiger partial charge in [0.05, 0.1) is 23.1 Å². The molecule has 208 valence electrons. The van der Waals surface area contributed by atoms with Crippen molar-refractivity contribution in [3.63, 3.8) is 0 Å². The topological polar surface area (TPSA) is 92.7 Å². The van der Waals surface area contributed by atoms with Crippen molar-refractivity contribution in [2.24, 2.45) is 0 Å². The fraction of sp³-hybridized carbons (Fsp3) is 0.355. The molecule has 0 radical (unpaired) electrons. The minimum absolute atomic E-state index is 0.0876. The maximum Gasteiger partial charge on any atom is 0.219 e. The number of carbonyl (C=O) groups excluding carboxylic acids is 1. The Morgan fingerprint density at radius 3 is 2.62 bits per heavy atom. The number of piperidine rings is 1. The van der Waals surface area contributed by atoms with Gasteiger partial charge in [-0.3, -0.25) is 9.78 Å². The number of nitrogens with zero attached hydrogens (tertiary/aromatic N) is 5. The minimum atomic E-state index is 0.0876. The molecule has 0 bridgehead atoms. The standard InChI is InChI=1S/C31H36N6O3/c1-22-19-24(10-11-28(22)40-20-25-7-4-5-14-32-25)35-31-30-27(33-21-34-31)8-6-9-29(30)39-18-17-37(23(2)38)26-12-15-36(3)16-13-26/h4-11,14,19,21,26H,12-13,15-18,20H2,1-3H3,(H,33,34,35). The van der Waals surface area contributed by atoms with Crippen LogP contribution < -0.4 is 14.8 Å². The Labute approximate surface area is 235 Å². The molecule has 2 aromatic heterocycles. The molecule has 9 heteroatoms. The van der Waals surface area contributed by atoms with Crippen LogP contribution in [0.3, 0.4) is 0 Å². The summed E-state index contributed by atoms with van der Waals surface area (Å²) in [6.07, 6.45) is 5.28. The van der Waals surface area contributed by atoms with Gasteiger partial charge in [0.15, 0.2) is 0 Å². The number of ether oxygens (including phenoxy) is 2. The predicted octanol–water partition coefficient (Wildman–Crippen LogP) is 4.98. The van der Waals surface area contributed by atoms with Crippen molar-refractivity contribution in [2.75, 3.05) is 38.6 Å². The van der Waals surface area contributed by atoms with E-state index in [4.69, 9.17) is 9.47 Å². The fourth-order valence-corrected chi connectivity index (χ4v) is 5.11. The molecular weight excluding hydrogens is 504 g/mol. The van der Waals surface area contributed by atoms with E-state index < -0.39 is 0 Å². The molecular formula is C31H36N6O3. The highest BCUT2D eigenvalue weighted by atomic mass is 16.5. The van der Waals surface area contributed by atoms with E-state index in [0.29, 0.717) is 31.3 Å². The van der Waals surface area contributed by atoms with Crippen molar-refractivity contribution >= 4 is 28.3 Å². The number of likely N-dealkylation sites (tertiary alicyclic amines) is 1. The average molecular weight is 541 g/mol. The van der Waals surface area contributed by atoms with Crippen LogP contribution >= 0.6 is 0 Å². The molecule has 1 aliphatic heterocycles. The van der Waals surface area contributed by atoms with E-state index in [0.717, 1.165) is 59.5 Å². The highest BCUT2D eigenvalue weighted by Crippen LogP contribution is 2.33. The number of fused-ring (bicyclic) bond motifs is 1. The first-order valence-electron chi connectivity index (χ1n) is 13.7. The van der Waals surface area contributed by atoms with Crippen molar-refractivity contribution in [1.82, 2.24) is 24.8 Å². The molecule has 40 heavy (non-hydrogen) atoms. The first kappa shape index (κ1) is 27.3. The molecule has 0 aliphatic carbocycles. The maximum atomic E-state index is 12.4. The molecule has 1 saturated heterocycles. The highest BCUT2D eigenvalue weighted by molar-refractivity contribution is 5.95. The van der Waals surface area contributed by atoms with Gasteiger partial charge in [-0.25, -0.2) is 9.97 Å². The van der Waals surface area contributed by atoms with E-state index in [1.165, 1.54) is 0 Å². The molecule has 4 aromatic rings. The van der Waals surface area contributed by atoms with Gasteiger partial charge < -0.3 is 24.6 Å². The Kier molecular flexibility index (Phi) is 8.71. The number of benzene rings is 2. The summed E-state index contributed by atoms with van der Waals surface area (Å²) in [5.41, 5.74) is 3.53. The van der Waals surface area contributed by atoms with E-state index in [1.807, 2.05) is 66.4 Å². The Balaban J connectivity index is 1.28. The lowest BCUT2D eigenvalue weighted by Crippen LogP contribution is -2.47. The normalized spacial score (nSPS) is 14.2. The zero-order valence-corrected chi connectivity index (χ0v) is 23.3. The van der Waals surface area contributed by atoms with Gasteiger partial charge in [0.25, 0.3) is 0 Å².